The van der Waals surface area contributed by atoms with Gasteiger partial charge >= 0.3 is 0 Å². The monoisotopic (exact) mass is 306 g/mol. The summed E-state index contributed by atoms with van der Waals surface area (Å²) in [6.07, 6.45) is 3.43. The van der Waals surface area contributed by atoms with E-state index in [1.807, 2.05) is 12.1 Å². The molecule has 0 unspecified atom stereocenters. The van der Waals surface area contributed by atoms with E-state index in [9.17, 15) is 9.59 Å². The first kappa shape index (κ1) is 14.7. The van der Waals surface area contributed by atoms with Gasteiger partial charge in [0, 0.05) is 18.7 Å². The van der Waals surface area contributed by atoms with Crippen molar-refractivity contribution in [3.8, 4) is 0 Å². The van der Waals surface area contributed by atoms with Crippen LogP contribution in [-0.4, -0.2) is 10.9 Å². The Morgan fingerprint density at radius 1 is 1.09 bits per heavy atom. The van der Waals surface area contributed by atoms with Crippen LogP contribution in [-0.2, 0) is 4.79 Å². The number of hydrogen-bond donors (Lipinski definition) is 1. The lowest BCUT2D eigenvalue weighted by Crippen LogP contribution is -2.06. The van der Waals surface area contributed by atoms with Gasteiger partial charge in [0.2, 0.25) is 11.8 Å². The van der Waals surface area contributed by atoms with Gasteiger partial charge in [-0.1, -0.05) is 24.3 Å². The normalized spacial score (nSPS) is 11.0. The quantitative estimate of drug-likeness (QED) is 0.805. The van der Waals surface area contributed by atoms with Gasteiger partial charge in [-0.3, -0.25) is 9.59 Å². The van der Waals surface area contributed by atoms with E-state index >= 15 is 0 Å². The van der Waals surface area contributed by atoms with Gasteiger partial charge in [0.25, 0.3) is 5.56 Å². The summed E-state index contributed by atoms with van der Waals surface area (Å²) in [4.78, 5) is 26.8. The fraction of sp³-hybridized carbons (Fsp3) is 0.0556. The third kappa shape index (κ3) is 3.52. The summed E-state index contributed by atoms with van der Waals surface area (Å²) in [5, 5.41) is 3.16. The molecule has 23 heavy (non-hydrogen) atoms. The van der Waals surface area contributed by atoms with Gasteiger partial charge in [0.05, 0.1) is 5.39 Å². The molecule has 0 aliphatic heterocycles. The highest BCUT2D eigenvalue weighted by Gasteiger charge is 2.03. The van der Waals surface area contributed by atoms with Crippen molar-refractivity contribution >= 4 is 34.7 Å². The number of carbonyl (C=O) groups is 1. The zero-order valence-electron chi connectivity index (χ0n) is 12.4. The average molecular weight is 306 g/mol. The first-order chi connectivity index (χ1) is 11.1. The van der Waals surface area contributed by atoms with Crippen molar-refractivity contribution in [1.29, 1.82) is 0 Å². The average Bonchev–Trinajstić information content (AvgIpc) is 2.54. The highest BCUT2D eigenvalue weighted by atomic mass is 16.3. The SMILES string of the molecule is CC(=O)Nc1ccc(/C=C/c2nc(=O)c3ccccc3o2)cc1. The molecule has 1 heterocycles. The molecule has 0 saturated heterocycles. The van der Waals surface area contributed by atoms with Crippen LogP contribution in [0.4, 0.5) is 5.69 Å². The Morgan fingerprint density at radius 2 is 1.83 bits per heavy atom. The molecule has 5 nitrogen and oxygen atoms in total. The summed E-state index contributed by atoms with van der Waals surface area (Å²) < 4.78 is 5.59. The first-order valence-electron chi connectivity index (χ1n) is 7.07. The lowest BCUT2D eigenvalue weighted by molar-refractivity contribution is -0.114. The molecule has 0 fully saturated rings. The van der Waals surface area contributed by atoms with Gasteiger partial charge in [-0.25, -0.2) is 0 Å². The molecule has 3 rings (SSSR count). The van der Waals surface area contributed by atoms with E-state index in [2.05, 4.69) is 10.3 Å². The van der Waals surface area contributed by atoms with Crippen molar-refractivity contribution in [3.05, 3.63) is 70.3 Å². The molecule has 0 aliphatic rings. The maximum absolute atomic E-state index is 11.9. The first-order valence-corrected chi connectivity index (χ1v) is 7.07. The molecule has 2 aromatic carbocycles. The van der Waals surface area contributed by atoms with Crippen molar-refractivity contribution in [2.75, 3.05) is 5.32 Å². The molecule has 5 heteroatoms. The van der Waals surface area contributed by atoms with Crippen molar-refractivity contribution in [2.45, 2.75) is 6.92 Å². The minimum Gasteiger partial charge on any atom is -0.438 e. The third-order valence-corrected chi connectivity index (χ3v) is 3.19. The number of hydrogen-bond acceptors (Lipinski definition) is 4. The summed E-state index contributed by atoms with van der Waals surface area (Å²) in [6, 6.07) is 14.3. The fourth-order valence-corrected chi connectivity index (χ4v) is 2.15. The Balaban J connectivity index is 1.85. The molecule has 1 aromatic heterocycles. The van der Waals surface area contributed by atoms with Gasteiger partial charge < -0.3 is 9.73 Å². The second-order valence-corrected chi connectivity index (χ2v) is 4.99. The molecule has 0 spiro atoms. The molecular weight excluding hydrogens is 292 g/mol. The third-order valence-electron chi connectivity index (χ3n) is 3.19. The van der Waals surface area contributed by atoms with E-state index in [-0.39, 0.29) is 17.4 Å². The van der Waals surface area contributed by atoms with Gasteiger partial charge in [-0.05, 0) is 35.9 Å². The van der Waals surface area contributed by atoms with Crippen LogP contribution in [0.2, 0.25) is 0 Å². The van der Waals surface area contributed by atoms with Crippen LogP contribution < -0.4 is 10.9 Å². The van der Waals surface area contributed by atoms with Crippen LogP contribution in [0.15, 0.2) is 57.7 Å². The Labute approximate surface area is 132 Å². The minimum absolute atomic E-state index is 0.115. The van der Waals surface area contributed by atoms with Gasteiger partial charge in [0.15, 0.2) is 0 Å². The molecule has 0 radical (unpaired) electrons. The summed E-state index contributed by atoms with van der Waals surface area (Å²) in [6.45, 7) is 1.46. The Hall–Kier alpha value is -3.21. The van der Waals surface area contributed by atoms with Crippen LogP contribution in [0.1, 0.15) is 18.4 Å². The van der Waals surface area contributed by atoms with E-state index in [0.29, 0.717) is 11.0 Å². The summed E-state index contributed by atoms with van der Waals surface area (Å²) in [5.74, 6) is 0.134. The predicted octanol–water partition coefficient (Wildman–Crippen LogP) is 3.32. The van der Waals surface area contributed by atoms with Crippen LogP contribution in [0, 0.1) is 0 Å². The number of amides is 1. The van der Waals surface area contributed by atoms with E-state index < -0.39 is 0 Å². The van der Waals surface area contributed by atoms with Crippen LogP contribution >= 0.6 is 0 Å². The number of fused-ring (bicyclic) bond motifs is 1. The fourth-order valence-electron chi connectivity index (χ4n) is 2.15. The lowest BCUT2D eigenvalue weighted by Gasteiger charge is -2.01. The number of carbonyl (C=O) groups excluding carboxylic acids is 1. The highest BCUT2D eigenvalue weighted by molar-refractivity contribution is 5.88. The van der Waals surface area contributed by atoms with Gasteiger partial charge in [-0.2, -0.15) is 4.98 Å². The lowest BCUT2D eigenvalue weighted by atomic mass is 10.2. The van der Waals surface area contributed by atoms with Crippen molar-refractivity contribution < 1.29 is 9.21 Å². The number of nitrogens with one attached hydrogen (secondary N) is 1. The Kier molecular flexibility index (Phi) is 4.01. The number of anilines is 1. The van der Waals surface area contributed by atoms with Gasteiger partial charge in [0.1, 0.15) is 5.58 Å². The van der Waals surface area contributed by atoms with Gasteiger partial charge in [-0.15, -0.1) is 0 Å². The molecule has 114 valence electrons. The van der Waals surface area contributed by atoms with Crippen LogP contribution in [0.5, 0.6) is 0 Å². The number of aromatic nitrogens is 1. The zero-order valence-corrected chi connectivity index (χ0v) is 12.4. The molecule has 0 aliphatic carbocycles. The topological polar surface area (TPSA) is 72.2 Å². The second-order valence-electron chi connectivity index (χ2n) is 4.99. The van der Waals surface area contributed by atoms with Crippen molar-refractivity contribution in [2.24, 2.45) is 0 Å². The molecule has 0 bridgehead atoms. The number of nitrogens with zero attached hydrogens (tertiary/aromatic N) is 1. The molecule has 1 N–H and O–H groups in total. The number of rotatable bonds is 3. The zero-order chi connectivity index (χ0) is 16.2. The van der Waals surface area contributed by atoms with Crippen LogP contribution in [0.25, 0.3) is 23.1 Å². The van der Waals surface area contributed by atoms with E-state index in [1.54, 1.807) is 48.6 Å². The smallest absolute Gasteiger partial charge is 0.284 e. The predicted molar refractivity (Wildman–Crippen MR) is 90.0 cm³/mol. The van der Waals surface area contributed by atoms with Crippen molar-refractivity contribution in [3.63, 3.8) is 0 Å². The summed E-state index contributed by atoms with van der Waals surface area (Å²) in [5.41, 5.74) is 1.82. The highest BCUT2D eigenvalue weighted by Crippen LogP contribution is 2.14. The minimum atomic E-state index is -0.312. The second kappa shape index (κ2) is 6.27. The largest absolute Gasteiger partial charge is 0.438 e. The summed E-state index contributed by atoms with van der Waals surface area (Å²) in [7, 11) is 0. The van der Waals surface area contributed by atoms with E-state index in [1.165, 1.54) is 6.92 Å². The molecule has 0 atom stereocenters. The Bertz CT molecular complexity index is 940. The van der Waals surface area contributed by atoms with Crippen LogP contribution in [0.3, 0.4) is 0 Å². The molecule has 0 saturated carbocycles. The molecular formula is C18H14N2O3. The van der Waals surface area contributed by atoms with E-state index in [4.69, 9.17) is 4.42 Å². The van der Waals surface area contributed by atoms with E-state index in [0.717, 1.165) is 11.3 Å². The number of para-hydroxylation sites is 1. The maximum atomic E-state index is 11.9. The summed E-state index contributed by atoms with van der Waals surface area (Å²) >= 11 is 0. The maximum Gasteiger partial charge on any atom is 0.284 e. The molecule has 3 aromatic rings. The number of benzene rings is 2. The standard InChI is InChI=1S/C18H14N2O3/c1-12(21)19-14-9-6-13(7-10-14)8-11-17-20-18(22)15-4-2-3-5-16(15)23-17/h2-11H,1H3,(H,19,21)/b11-8+. The Morgan fingerprint density at radius 3 is 2.57 bits per heavy atom. The van der Waals surface area contributed by atoms with Crippen molar-refractivity contribution in [1.82, 2.24) is 4.98 Å². The molecule has 1 amide bonds.